The number of hydrogen-bond donors (Lipinski definition) is 2. The third-order valence-corrected chi connectivity index (χ3v) is 6.28. The van der Waals surface area contributed by atoms with Crippen LogP contribution in [0.25, 0.3) is 6.08 Å². The van der Waals surface area contributed by atoms with Gasteiger partial charge in [0.15, 0.2) is 0 Å². The summed E-state index contributed by atoms with van der Waals surface area (Å²) < 4.78 is 6.96. The smallest absolute Gasteiger partial charge is 0.250 e. The summed E-state index contributed by atoms with van der Waals surface area (Å²) in [6.07, 6.45) is 3.91. The number of carbonyl (C=O) groups excluding carboxylic acids is 1. The number of methoxy groups -OCH3 is 1. The van der Waals surface area contributed by atoms with Crippen molar-refractivity contribution in [3.05, 3.63) is 107 Å². The molecule has 1 aliphatic rings. The van der Waals surface area contributed by atoms with E-state index in [1.165, 1.54) is 6.08 Å². The minimum atomic E-state index is -0.322. The van der Waals surface area contributed by atoms with Crippen LogP contribution in [0, 0.1) is 0 Å². The fourth-order valence-corrected chi connectivity index (χ4v) is 4.44. The van der Waals surface area contributed by atoms with E-state index in [1.54, 1.807) is 17.9 Å². The molecule has 0 aliphatic carbocycles. The van der Waals surface area contributed by atoms with Gasteiger partial charge in [0.25, 0.3) is 11.9 Å². The average molecular weight is 486 g/mol. The Morgan fingerprint density at radius 2 is 1.83 bits per heavy atom. The fourth-order valence-electron chi connectivity index (χ4n) is 4.18. The van der Waals surface area contributed by atoms with Crippen LogP contribution in [-0.4, -0.2) is 27.8 Å². The number of benzene rings is 3. The number of nitrogens with one attached hydrogen (secondary N) is 2. The number of anilines is 2. The molecule has 0 spiro atoms. The molecular weight excluding hydrogens is 462 g/mol. The van der Waals surface area contributed by atoms with Crippen molar-refractivity contribution in [2.45, 2.75) is 18.5 Å². The zero-order chi connectivity index (χ0) is 24.2. The zero-order valence-electron chi connectivity index (χ0n) is 19.1. The second-order valence-electron chi connectivity index (χ2n) is 8.18. The monoisotopic (exact) mass is 485 g/mol. The van der Waals surface area contributed by atoms with E-state index in [1.807, 2.05) is 66.7 Å². The lowest BCUT2D eigenvalue weighted by Gasteiger charge is -2.32. The summed E-state index contributed by atoms with van der Waals surface area (Å²) in [6, 6.07) is 25.2. The van der Waals surface area contributed by atoms with Crippen LogP contribution in [0.3, 0.4) is 0 Å². The van der Waals surface area contributed by atoms with Gasteiger partial charge in [-0.25, -0.2) is 4.68 Å². The minimum absolute atomic E-state index is 0.0210. The predicted octanol–water partition coefficient (Wildman–Crippen LogP) is 5.74. The van der Waals surface area contributed by atoms with E-state index in [4.69, 9.17) is 16.3 Å². The molecule has 8 heteroatoms. The molecule has 2 atom stereocenters. The number of halogens is 1. The zero-order valence-corrected chi connectivity index (χ0v) is 19.8. The Bertz CT molecular complexity index is 1350. The molecule has 1 aromatic heterocycles. The number of carbonyl (C=O) groups is 1. The topological polar surface area (TPSA) is 81.1 Å². The molecule has 5 rings (SSSR count). The highest BCUT2D eigenvalue weighted by Crippen LogP contribution is 2.40. The highest BCUT2D eigenvalue weighted by Gasteiger charge is 2.32. The second kappa shape index (κ2) is 10.0. The summed E-state index contributed by atoms with van der Waals surface area (Å²) in [7, 11) is 1.61. The predicted molar refractivity (Wildman–Crippen MR) is 138 cm³/mol. The van der Waals surface area contributed by atoms with Gasteiger partial charge in [-0.15, -0.1) is 5.10 Å². The Balaban J connectivity index is 1.40. The molecule has 7 nitrogen and oxygen atoms in total. The fraction of sp³-hybridized carbons (Fsp3) is 0.148. The normalized spacial score (nSPS) is 17.0. The summed E-state index contributed by atoms with van der Waals surface area (Å²) in [5.41, 5.74) is 2.98. The highest BCUT2D eigenvalue weighted by atomic mass is 35.5. The van der Waals surface area contributed by atoms with Gasteiger partial charge < -0.3 is 10.1 Å². The number of aromatic nitrogens is 3. The van der Waals surface area contributed by atoms with Crippen LogP contribution in [0.2, 0.25) is 5.02 Å². The van der Waals surface area contributed by atoms with E-state index in [0.29, 0.717) is 11.0 Å². The molecule has 0 saturated heterocycles. The maximum Gasteiger partial charge on any atom is 0.250 e. The molecule has 2 N–H and O–H groups in total. The van der Waals surface area contributed by atoms with E-state index in [0.717, 1.165) is 28.9 Å². The summed E-state index contributed by atoms with van der Waals surface area (Å²) in [6.45, 7) is 0. The van der Waals surface area contributed by atoms with Crippen LogP contribution >= 0.6 is 11.6 Å². The maximum atomic E-state index is 12.6. The molecule has 0 fully saturated rings. The van der Waals surface area contributed by atoms with Gasteiger partial charge in [-0.1, -0.05) is 72.3 Å². The van der Waals surface area contributed by atoms with Gasteiger partial charge in [0.1, 0.15) is 5.75 Å². The van der Waals surface area contributed by atoms with Crippen molar-refractivity contribution < 1.29 is 9.53 Å². The molecule has 176 valence electrons. The molecule has 0 radical (unpaired) electrons. The lowest BCUT2D eigenvalue weighted by atomic mass is 9.93. The molecule has 35 heavy (non-hydrogen) atoms. The number of amides is 1. The number of nitrogens with zero attached hydrogens (tertiary/aromatic N) is 3. The van der Waals surface area contributed by atoms with Crippen molar-refractivity contribution in [2.24, 2.45) is 0 Å². The van der Waals surface area contributed by atoms with Gasteiger partial charge in [0.2, 0.25) is 5.95 Å². The van der Waals surface area contributed by atoms with E-state index >= 15 is 0 Å². The van der Waals surface area contributed by atoms with Crippen molar-refractivity contribution in [2.75, 3.05) is 17.7 Å². The third-order valence-electron chi connectivity index (χ3n) is 5.93. The quantitative estimate of drug-likeness (QED) is 0.340. The Hall–Kier alpha value is -4.10. The maximum absolute atomic E-state index is 12.6. The third kappa shape index (κ3) is 5.05. The molecule has 0 saturated carbocycles. The van der Waals surface area contributed by atoms with Gasteiger partial charge in [-0.3, -0.25) is 10.1 Å². The Morgan fingerprint density at radius 1 is 1.09 bits per heavy atom. The molecular formula is C27H24ClN5O2. The van der Waals surface area contributed by atoms with Gasteiger partial charge in [0, 0.05) is 11.1 Å². The van der Waals surface area contributed by atoms with E-state index in [2.05, 4.69) is 32.8 Å². The largest absolute Gasteiger partial charge is 0.497 e. The van der Waals surface area contributed by atoms with Crippen molar-refractivity contribution in [3.63, 3.8) is 0 Å². The molecule has 2 heterocycles. The molecule has 3 aromatic carbocycles. The molecule has 4 aromatic rings. The van der Waals surface area contributed by atoms with E-state index < -0.39 is 0 Å². The summed E-state index contributed by atoms with van der Waals surface area (Å²) in [5, 5.41) is 11.5. The molecule has 1 aliphatic heterocycles. The number of hydrogen-bond acceptors (Lipinski definition) is 5. The number of ether oxygens (including phenoxy) is 1. The second-order valence-corrected chi connectivity index (χ2v) is 8.59. The molecule has 1 amide bonds. The SMILES string of the molecule is COc1ccc(/C=C/C(=O)Nc2nc3n(n2)[C@H](c2ccccc2Cl)C[C@@H](c2ccccc2)N3)cc1. The van der Waals surface area contributed by atoms with Gasteiger partial charge in [-0.05, 0) is 47.4 Å². The van der Waals surface area contributed by atoms with Gasteiger partial charge in [0.05, 0.1) is 19.2 Å². The summed E-state index contributed by atoms with van der Waals surface area (Å²) in [4.78, 5) is 17.1. The number of fused-ring (bicyclic) bond motifs is 1. The molecule has 0 bridgehead atoms. The van der Waals surface area contributed by atoms with Crippen molar-refractivity contribution in [1.29, 1.82) is 0 Å². The minimum Gasteiger partial charge on any atom is -0.497 e. The van der Waals surface area contributed by atoms with Crippen LogP contribution in [-0.2, 0) is 4.79 Å². The van der Waals surface area contributed by atoms with E-state index in [9.17, 15) is 4.79 Å². The first-order chi connectivity index (χ1) is 17.1. The van der Waals surface area contributed by atoms with Crippen LogP contribution < -0.4 is 15.4 Å². The van der Waals surface area contributed by atoms with Crippen molar-refractivity contribution in [1.82, 2.24) is 14.8 Å². The standard InChI is InChI=1S/C27H24ClN5O2/c1-35-20-14-11-18(12-15-20)13-16-25(34)30-26-31-27-29-23(19-7-3-2-4-8-19)17-24(33(27)32-26)21-9-5-6-10-22(21)28/h2-16,23-24H,17H2,1H3,(H2,29,30,31,32,34)/b16-13+/t23-,24-/m0/s1. The van der Waals surface area contributed by atoms with Crippen LogP contribution in [0.15, 0.2) is 84.9 Å². The van der Waals surface area contributed by atoms with Crippen LogP contribution in [0.5, 0.6) is 5.75 Å². The lowest BCUT2D eigenvalue weighted by molar-refractivity contribution is -0.111. The van der Waals surface area contributed by atoms with Gasteiger partial charge >= 0.3 is 0 Å². The van der Waals surface area contributed by atoms with Crippen LogP contribution in [0.4, 0.5) is 11.9 Å². The van der Waals surface area contributed by atoms with E-state index in [-0.39, 0.29) is 23.9 Å². The lowest BCUT2D eigenvalue weighted by Crippen LogP contribution is -2.28. The Labute approximate surface area is 208 Å². The first-order valence-electron chi connectivity index (χ1n) is 11.3. The average Bonchev–Trinajstić information content (AvgIpc) is 3.30. The Kier molecular flexibility index (Phi) is 6.50. The first kappa shape index (κ1) is 22.7. The first-order valence-corrected chi connectivity index (χ1v) is 11.6. The van der Waals surface area contributed by atoms with Crippen molar-refractivity contribution >= 4 is 35.5 Å². The number of rotatable bonds is 6. The Morgan fingerprint density at radius 3 is 2.57 bits per heavy atom. The summed E-state index contributed by atoms with van der Waals surface area (Å²) >= 11 is 6.56. The van der Waals surface area contributed by atoms with Gasteiger partial charge in [-0.2, -0.15) is 4.98 Å². The van der Waals surface area contributed by atoms with Crippen LogP contribution in [0.1, 0.15) is 35.2 Å². The molecule has 0 unspecified atom stereocenters. The van der Waals surface area contributed by atoms with Crippen molar-refractivity contribution in [3.8, 4) is 5.75 Å². The highest BCUT2D eigenvalue weighted by molar-refractivity contribution is 6.31. The summed E-state index contributed by atoms with van der Waals surface area (Å²) in [5.74, 6) is 1.23.